The second kappa shape index (κ2) is 5.63. The number of nitrogens with one attached hydrogen (secondary N) is 1. The van der Waals surface area contributed by atoms with E-state index in [2.05, 4.69) is 5.32 Å². The number of anilines is 1. The van der Waals surface area contributed by atoms with Crippen molar-refractivity contribution in [2.75, 3.05) is 5.32 Å². The zero-order chi connectivity index (χ0) is 14.0. The summed E-state index contributed by atoms with van der Waals surface area (Å²) in [6, 6.07) is 7.50. The zero-order valence-electron chi connectivity index (χ0n) is 10.7. The second-order valence-electron chi connectivity index (χ2n) is 4.31. The number of benzene rings is 1. The molecule has 2 N–H and O–H groups in total. The van der Waals surface area contributed by atoms with E-state index in [1.165, 1.54) is 11.3 Å². The van der Waals surface area contributed by atoms with Gasteiger partial charge in [-0.3, -0.25) is 0 Å². The molecule has 2 aromatic rings. The molecule has 0 aliphatic heterocycles. The molecule has 0 radical (unpaired) electrons. The first-order valence-corrected chi connectivity index (χ1v) is 6.99. The van der Waals surface area contributed by atoms with Crippen molar-refractivity contribution in [2.24, 2.45) is 0 Å². The number of hydrogen-bond acceptors (Lipinski definition) is 3. The fraction of sp³-hybridized carbons (Fsp3) is 0.214. The predicted octanol–water partition coefficient (Wildman–Crippen LogP) is 4.33. The van der Waals surface area contributed by atoms with Crippen LogP contribution < -0.4 is 5.32 Å². The van der Waals surface area contributed by atoms with E-state index in [1.54, 1.807) is 6.07 Å². The number of thiophene rings is 1. The smallest absolute Gasteiger partial charge is 0.345 e. The number of carboxylic acid groups (broad SMARTS) is 1. The van der Waals surface area contributed by atoms with Crippen LogP contribution in [0.4, 0.5) is 5.69 Å². The molecule has 3 nitrogen and oxygen atoms in total. The van der Waals surface area contributed by atoms with E-state index in [-0.39, 0.29) is 0 Å². The van der Waals surface area contributed by atoms with Gasteiger partial charge in [-0.2, -0.15) is 0 Å². The summed E-state index contributed by atoms with van der Waals surface area (Å²) in [7, 11) is 0. The molecule has 2 rings (SSSR count). The summed E-state index contributed by atoms with van der Waals surface area (Å²) in [5.41, 5.74) is 2.96. The standard InChI is InChI=1S/C14H14ClNO2S/c1-8-3-4-11(6-12(8)15)16-7-10-5-13(14(17)18)19-9(10)2/h3-6,16H,7H2,1-2H3,(H,17,18). The van der Waals surface area contributed by atoms with Crippen LogP contribution in [0.3, 0.4) is 0 Å². The van der Waals surface area contributed by atoms with Gasteiger partial charge >= 0.3 is 5.97 Å². The molecule has 0 fully saturated rings. The Kier molecular flexibility index (Phi) is 4.12. The Balaban J connectivity index is 2.09. The second-order valence-corrected chi connectivity index (χ2v) is 5.98. The highest BCUT2D eigenvalue weighted by atomic mass is 35.5. The van der Waals surface area contributed by atoms with Gasteiger partial charge < -0.3 is 10.4 Å². The largest absolute Gasteiger partial charge is 0.477 e. The highest BCUT2D eigenvalue weighted by Crippen LogP contribution is 2.24. The van der Waals surface area contributed by atoms with Crippen molar-refractivity contribution in [3.63, 3.8) is 0 Å². The fourth-order valence-electron chi connectivity index (χ4n) is 1.70. The first-order valence-electron chi connectivity index (χ1n) is 5.80. The SMILES string of the molecule is Cc1ccc(NCc2cc(C(=O)O)sc2C)cc1Cl. The molecule has 5 heteroatoms. The Morgan fingerprint density at radius 1 is 1.37 bits per heavy atom. The molecule has 0 bridgehead atoms. The lowest BCUT2D eigenvalue weighted by Gasteiger charge is -2.07. The number of aryl methyl sites for hydroxylation is 2. The topological polar surface area (TPSA) is 49.3 Å². The van der Waals surface area contributed by atoms with E-state index in [1.807, 2.05) is 32.0 Å². The molecule has 0 atom stereocenters. The molecular weight excluding hydrogens is 282 g/mol. The average Bonchev–Trinajstić information content (AvgIpc) is 2.73. The predicted molar refractivity (Wildman–Crippen MR) is 79.5 cm³/mol. The number of halogens is 1. The van der Waals surface area contributed by atoms with Crippen LogP contribution in [-0.2, 0) is 6.54 Å². The monoisotopic (exact) mass is 295 g/mol. The molecule has 1 aromatic heterocycles. The van der Waals surface area contributed by atoms with Gasteiger partial charge in [0.05, 0.1) is 0 Å². The van der Waals surface area contributed by atoms with Crippen LogP contribution in [0.1, 0.15) is 25.7 Å². The lowest BCUT2D eigenvalue weighted by molar-refractivity contribution is 0.0702. The van der Waals surface area contributed by atoms with E-state index >= 15 is 0 Å². The van der Waals surface area contributed by atoms with Crippen molar-refractivity contribution >= 4 is 34.6 Å². The van der Waals surface area contributed by atoms with Gasteiger partial charge in [0, 0.05) is 22.1 Å². The molecule has 0 saturated heterocycles. The maximum absolute atomic E-state index is 10.9. The third-order valence-corrected chi connectivity index (χ3v) is 4.37. The van der Waals surface area contributed by atoms with E-state index in [0.717, 1.165) is 26.7 Å². The summed E-state index contributed by atoms with van der Waals surface area (Å²) in [5.74, 6) is -0.877. The van der Waals surface area contributed by atoms with Crippen LogP contribution in [0.5, 0.6) is 0 Å². The Bertz CT molecular complexity index is 622. The van der Waals surface area contributed by atoms with Crippen LogP contribution in [-0.4, -0.2) is 11.1 Å². The van der Waals surface area contributed by atoms with E-state index in [4.69, 9.17) is 16.7 Å². The number of aromatic carboxylic acids is 1. The minimum atomic E-state index is -0.877. The average molecular weight is 296 g/mol. The molecule has 1 heterocycles. The molecular formula is C14H14ClNO2S. The van der Waals surface area contributed by atoms with Gasteiger partial charge in [0.15, 0.2) is 0 Å². The zero-order valence-corrected chi connectivity index (χ0v) is 12.2. The molecule has 0 aliphatic carbocycles. The number of carbonyl (C=O) groups is 1. The number of rotatable bonds is 4. The lowest BCUT2D eigenvalue weighted by Crippen LogP contribution is -1.99. The van der Waals surface area contributed by atoms with Gasteiger partial charge in [-0.15, -0.1) is 11.3 Å². The minimum Gasteiger partial charge on any atom is -0.477 e. The van der Waals surface area contributed by atoms with Crippen molar-refractivity contribution in [1.29, 1.82) is 0 Å². The van der Waals surface area contributed by atoms with Crippen LogP contribution in [0, 0.1) is 13.8 Å². The molecule has 0 saturated carbocycles. The fourth-order valence-corrected chi connectivity index (χ4v) is 2.76. The molecule has 0 unspecified atom stereocenters. The molecule has 100 valence electrons. The molecule has 0 amide bonds. The lowest BCUT2D eigenvalue weighted by atomic mass is 10.2. The van der Waals surface area contributed by atoms with Gasteiger partial charge in [-0.25, -0.2) is 4.79 Å². The van der Waals surface area contributed by atoms with E-state index < -0.39 is 5.97 Å². The van der Waals surface area contributed by atoms with Crippen molar-refractivity contribution in [3.05, 3.63) is 50.2 Å². The van der Waals surface area contributed by atoms with Gasteiger partial charge in [-0.1, -0.05) is 17.7 Å². The Labute approximate surface area is 120 Å². The van der Waals surface area contributed by atoms with Crippen LogP contribution in [0.25, 0.3) is 0 Å². The van der Waals surface area contributed by atoms with Crippen LogP contribution >= 0.6 is 22.9 Å². The Morgan fingerprint density at radius 3 is 2.68 bits per heavy atom. The number of carboxylic acids is 1. The normalized spacial score (nSPS) is 10.5. The first-order chi connectivity index (χ1) is 8.97. The maximum Gasteiger partial charge on any atom is 0.345 e. The number of hydrogen-bond donors (Lipinski definition) is 2. The van der Waals surface area contributed by atoms with Crippen molar-refractivity contribution < 1.29 is 9.90 Å². The summed E-state index contributed by atoms with van der Waals surface area (Å²) >= 11 is 7.35. The first kappa shape index (κ1) is 13.9. The Morgan fingerprint density at radius 2 is 2.11 bits per heavy atom. The highest BCUT2D eigenvalue weighted by Gasteiger charge is 2.10. The molecule has 0 aliphatic rings. The van der Waals surface area contributed by atoms with Crippen molar-refractivity contribution in [1.82, 2.24) is 0 Å². The molecule has 19 heavy (non-hydrogen) atoms. The maximum atomic E-state index is 10.9. The summed E-state index contributed by atoms with van der Waals surface area (Å²) in [4.78, 5) is 12.3. The van der Waals surface area contributed by atoms with Crippen molar-refractivity contribution in [3.8, 4) is 0 Å². The molecule has 1 aromatic carbocycles. The van der Waals surface area contributed by atoms with E-state index in [0.29, 0.717) is 11.4 Å². The summed E-state index contributed by atoms with van der Waals surface area (Å²) in [6.07, 6.45) is 0. The van der Waals surface area contributed by atoms with Gasteiger partial charge in [0.1, 0.15) is 4.88 Å². The van der Waals surface area contributed by atoms with Gasteiger partial charge in [0.25, 0.3) is 0 Å². The Hall–Kier alpha value is -1.52. The van der Waals surface area contributed by atoms with Gasteiger partial charge in [-0.05, 0) is 43.2 Å². The summed E-state index contributed by atoms with van der Waals surface area (Å²) in [6.45, 7) is 4.47. The summed E-state index contributed by atoms with van der Waals surface area (Å²) in [5, 5.41) is 12.9. The molecule has 0 spiro atoms. The van der Waals surface area contributed by atoms with Gasteiger partial charge in [0.2, 0.25) is 0 Å². The van der Waals surface area contributed by atoms with Crippen molar-refractivity contribution in [2.45, 2.75) is 20.4 Å². The highest BCUT2D eigenvalue weighted by molar-refractivity contribution is 7.14. The van der Waals surface area contributed by atoms with Crippen LogP contribution in [0.2, 0.25) is 5.02 Å². The quantitative estimate of drug-likeness (QED) is 0.882. The third kappa shape index (κ3) is 3.28. The van der Waals surface area contributed by atoms with E-state index in [9.17, 15) is 4.79 Å². The third-order valence-electron chi connectivity index (χ3n) is 2.89. The minimum absolute atomic E-state index is 0.372. The summed E-state index contributed by atoms with van der Waals surface area (Å²) < 4.78 is 0. The van der Waals surface area contributed by atoms with Crippen LogP contribution in [0.15, 0.2) is 24.3 Å².